The van der Waals surface area contributed by atoms with E-state index in [2.05, 4.69) is 46.8 Å². The fraction of sp³-hybridized carbons (Fsp3) is 0.409. The van der Waals surface area contributed by atoms with Gasteiger partial charge < -0.3 is 25.2 Å². The highest BCUT2D eigenvalue weighted by atomic mass is 16.5. The van der Waals surface area contributed by atoms with Gasteiger partial charge in [-0.15, -0.1) is 0 Å². The van der Waals surface area contributed by atoms with Crippen molar-refractivity contribution in [1.29, 1.82) is 0 Å². The zero-order valence-electron chi connectivity index (χ0n) is 17.0. The molecule has 6 heteroatoms. The predicted molar refractivity (Wildman–Crippen MR) is 113 cm³/mol. The standard InChI is InChI=1S/C22H31N3O3/c1-4-18-8-6-7-9-19(18)16-25-22(23-5-2)24-15-17-10-11-20(28-13-12-26)21(14-17)27-3/h6-11,14,26H,4-5,12-13,15-16H2,1-3H3,(H2,23,24,25). The summed E-state index contributed by atoms with van der Waals surface area (Å²) in [6.07, 6.45) is 1.01. The maximum atomic E-state index is 8.91. The summed E-state index contributed by atoms with van der Waals surface area (Å²) in [7, 11) is 1.60. The average Bonchev–Trinajstić information content (AvgIpc) is 2.74. The third-order valence-electron chi connectivity index (χ3n) is 4.29. The number of hydrogen-bond donors (Lipinski definition) is 3. The van der Waals surface area contributed by atoms with Crippen LogP contribution in [0.3, 0.4) is 0 Å². The first-order valence-corrected chi connectivity index (χ1v) is 9.71. The van der Waals surface area contributed by atoms with Gasteiger partial charge >= 0.3 is 0 Å². The molecule has 0 amide bonds. The second kappa shape index (κ2) is 11.9. The first-order valence-electron chi connectivity index (χ1n) is 9.71. The topological polar surface area (TPSA) is 75.1 Å². The van der Waals surface area contributed by atoms with Crippen molar-refractivity contribution in [3.8, 4) is 11.5 Å². The highest BCUT2D eigenvalue weighted by Crippen LogP contribution is 2.28. The van der Waals surface area contributed by atoms with Crippen molar-refractivity contribution in [2.75, 3.05) is 26.9 Å². The highest BCUT2D eigenvalue weighted by Gasteiger charge is 2.06. The molecule has 0 heterocycles. The van der Waals surface area contributed by atoms with E-state index in [9.17, 15) is 0 Å². The molecule has 0 aliphatic heterocycles. The van der Waals surface area contributed by atoms with Gasteiger partial charge in [-0.3, -0.25) is 0 Å². The molecule has 3 N–H and O–H groups in total. The Morgan fingerprint density at radius 3 is 2.50 bits per heavy atom. The minimum atomic E-state index is -0.0337. The maximum Gasteiger partial charge on any atom is 0.191 e. The van der Waals surface area contributed by atoms with Gasteiger partial charge in [0.05, 0.1) is 20.3 Å². The number of rotatable bonds is 10. The molecule has 0 atom stereocenters. The van der Waals surface area contributed by atoms with Crippen molar-refractivity contribution >= 4 is 5.96 Å². The average molecular weight is 386 g/mol. The summed E-state index contributed by atoms with van der Waals surface area (Å²) in [5, 5.41) is 15.6. The van der Waals surface area contributed by atoms with Crippen LogP contribution >= 0.6 is 0 Å². The van der Waals surface area contributed by atoms with E-state index in [0.29, 0.717) is 18.0 Å². The lowest BCUT2D eigenvalue weighted by atomic mass is 10.1. The van der Waals surface area contributed by atoms with Crippen LogP contribution < -0.4 is 20.1 Å². The minimum absolute atomic E-state index is 0.0337. The molecule has 2 aromatic carbocycles. The number of hydrogen-bond acceptors (Lipinski definition) is 4. The van der Waals surface area contributed by atoms with E-state index in [1.807, 2.05) is 25.1 Å². The van der Waals surface area contributed by atoms with Crippen molar-refractivity contribution in [2.24, 2.45) is 4.99 Å². The van der Waals surface area contributed by atoms with Crippen molar-refractivity contribution in [1.82, 2.24) is 10.6 Å². The number of guanidine groups is 1. The lowest BCUT2D eigenvalue weighted by Crippen LogP contribution is -2.37. The molecule has 0 aliphatic carbocycles. The van der Waals surface area contributed by atoms with Gasteiger partial charge in [-0.2, -0.15) is 0 Å². The Hall–Kier alpha value is -2.73. The fourth-order valence-electron chi connectivity index (χ4n) is 2.85. The van der Waals surface area contributed by atoms with Gasteiger partial charge in [-0.1, -0.05) is 37.3 Å². The molecule has 0 bridgehead atoms. The molecule has 0 radical (unpaired) electrons. The Bertz CT molecular complexity index is 762. The summed E-state index contributed by atoms with van der Waals surface area (Å²) in [6, 6.07) is 14.1. The van der Waals surface area contributed by atoms with Crippen LogP contribution in [-0.4, -0.2) is 37.9 Å². The number of nitrogens with zero attached hydrogens (tertiary/aromatic N) is 1. The zero-order chi connectivity index (χ0) is 20.2. The van der Waals surface area contributed by atoms with Crippen LogP contribution in [0.1, 0.15) is 30.5 Å². The third kappa shape index (κ3) is 6.46. The van der Waals surface area contributed by atoms with Gasteiger partial charge in [-0.05, 0) is 42.2 Å². The molecule has 2 aromatic rings. The molecule has 0 aliphatic rings. The molecule has 6 nitrogen and oxygen atoms in total. The summed E-state index contributed by atoms with van der Waals surface area (Å²) >= 11 is 0. The van der Waals surface area contributed by atoms with E-state index in [0.717, 1.165) is 31.0 Å². The van der Waals surface area contributed by atoms with E-state index in [-0.39, 0.29) is 13.2 Å². The van der Waals surface area contributed by atoms with Gasteiger partial charge in [0.1, 0.15) is 6.61 Å². The van der Waals surface area contributed by atoms with Crippen molar-refractivity contribution in [2.45, 2.75) is 33.4 Å². The van der Waals surface area contributed by atoms with E-state index in [1.165, 1.54) is 11.1 Å². The largest absolute Gasteiger partial charge is 0.493 e. The van der Waals surface area contributed by atoms with Gasteiger partial charge in [0.15, 0.2) is 17.5 Å². The van der Waals surface area contributed by atoms with Crippen LogP contribution in [0.15, 0.2) is 47.5 Å². The van der Waals surface area contributed by atoms with Gasteiger partial charge in [-0.25, -0.2) is 4.99 Å². The number of benzene rings is 2. The molecule has 0 saturated carbocycles. The predicted octanol–water partition coefficient (Wildman–Crippen LogP) is 2.88. The molecule has 0 saturated heterocycles. The van der Waals surface area contributed by atoms with Gasteiger partial charge in [0.25, 0.3) is 0 Å². The summed E-state index contributed by atoms with van der Waals surface area (Å²) < 4.78 is 10.9. The molecule has 0 spiro atoms. The maximum absolute atomic E-state index is 8.91. The third-order valence-corrected chi connectivity index (χ3v) is 4.29. The van der Waals surface area contributed by atoms with Crippen molar-refractivity contribution in [3.63, 3.8) is 0 Å². The van der Waals surface area contributed by atoms with E-state index in [4.69, 9.17) is 14.6 Å². The van der Waals surface area contributed by atoms with Gasteiger partial charge in [0, 0.05) is 13.1 Å². The summed E-state index contributed by atoms with van der Waals surface area (Å²) in [6.45, 7) is 6.45. The lowest BCUT2D eigenvalue weighted by Gasteiger charge is -2.14. The van der Waals surface area contributed by atoms with Crippen LogP contribution in [0.25, 0.3) is 0 Å². The quantitative estimate of drug-likeness (QED) is 0.433. The molecule has 152 valence electrons. The minimum Gasteiger partial charge on any atom is -0.493 e. The number of aliphatic hydroxyl groups is 1. The number of aliphatic hydroxyl groups excluding tert-OH is 1. The molecule has 0 aromatic heterocycles. The van der Waals surface area contributed by atoms with Crippen molar-refractivity contribution < 1.29 is 14.6 Å². The van der Waals surface area contributed by atoms with Crippen LogP contribution in [0, 0.1) is 0 Å². The molecule has 2 rings (SSSR count). The number of ether oxygens (including phenoxy) is 2. The summed E-state index contributed by atoms with van der Waals surface area (Å²) in [5.41, 5.74) is 3.64. The van der Waals surface area contributed by atoms with E-state index >= 15 is 0 Å². The molecule has 0 fully saturated rings. The van der Waals surface area contributed by atoms with Crippen LogP contribution in [-0.2, 0) is 19.5 Å². The van der Waals surface area contributed by atoms with Crippen molar-refractivity contribution in [3.05, 3.63) is 59.2 Å². The molecule has 0 unspecified atom stereocenters. The Labute approximate surface area is 167 Å². The molecular formula is C22H31N3O3. The monoisotopic (exact) mass is 385 g/mol. The SMILES string of the molecule is CCNC(=NCc1ccc(OCCO)c(OC)c1)NCc1ccccc1CC. The van der Waals surface area contributed by atoms with Crippen LogP contribution in [0.5, 0.6) is 11.5 Å². The Balaban J connectivity index is 2.05. The second-order valence-corrected chi connectivity index (χ2v) is 6.23. The summed E-state index contributed by atoms with van der Waals surface area (Å²) in [4.78, 5) is 4.68. The normalized spacial score (nSPS) is 11.2. The molecule has 28 heavy (non-hydrogen) atoms. The van der Waals surface area contributed by atoms with Gasteiger partial charge in [0.2, 0.25) is 0 Å². The highest BCUT2D eigenvalue weighted by molar-refractivity contribution is 5.79. The van der Waals surface area contributed by atoms with E-state index in [1.54, 1.807) is 7.11 Å². The fourth-order valence-corrected chi connectivity index (χ4v) is 2.85. The first kappa shape index (κ1) is 21.6. The number of aliphatic imine (C=N–C) groups is 1. The van der Waals surface area contributed by atoms with Crippen LogP contribution in [0.4, 0.5) is 0 Å². The number of methoxy groups -OCH3 is 1. The molecular weight excluding hydrogens is 354 g/mol. The lowest BCUT2D eigenvalue weighted by molar-refractivity contribution is 0.196. The second-order valence-electron chi connectivity index (χ2n) is 6.23. The Morgan fingerprint density at radius 2 is 1.82 bits per heavy atom. The zero-order valence-corrected chi connectivity index (χ0v) is 17.0. The first-order chi connectivity index (χ1) is 13.7. The van der Waals surface area contributed by atoms with E-state index < -0.39 is 0 Å². The Kier molecular flexibility index (Phi) is 9.15. The Morgan fingerprint density at radius 1 is 1.04 bits per heavy atom. The number of aryl methyl sites for hydroxylation is 1. The van der Waals surface area contributed by atoms with Crippen LogP contribution in [0.2, 0.25) is 0 Å². The summed E-state index contributed by atoms with van der Waals surface area (Å²) in [5.74, 6) is 2.02. The number of nitrogens with one attached hydrogen (secondary N) is 2. The smallest absolute Gasteiger partial charge is 0.191 e.